The van der Waals surface area contributed by atoms with E-state index < -0.39 is 0 Å². The Bertz CT molecular complexity index is 215. The minimum atomic E-state index is 0.618. The first-order valence-electron chi connectivity index (χ1n) is 4.65. The van der Waals surface area contributed by atoms with Gasteiger partial charge in [0.15, 0.2) is 0 Å². The molecule has 0 aliphatic heterocycles. The Hall–Kier alpha value is -0.330. The highest BCUT2D eigenvalue weighted by atomic mass is 79.9. The zero-order valence-electron chi connectivity index (χ0n) is 7.80. The van der Waals surface area contributed by atoms with Crippen LogP contribution in [0.1, 0.15) is 19.3 Å². The first-order valence-corrected chi connectivity index (χ1v) is 5.44. The van der Waals surface area contributed by atoms with Crippen LogP contribution >= 0.6 is 15.9 Å². The lowest BCUT2D eigenvalue weighted by molar-refractivity contribution is 0.295. The van der Waals surface area contributed by atoms with Crippen molar-refractivity contribution in [3.05, 3.63) is 11.1 Å². The lowest BCUT2D eigenvalue weighted by Gasteiger charge is -2.20. The van der Waals surface area contributed by atoms with Crippen molar-refractivity contribution < 1.29 is 0 Å². The van der Waals surface area contributed by atoms with Crippen LogP contribution in [0.15, 0.2) is 11.1 Å². The Morgan fingerprint density at radius 2 is 2.31 bits per heavy atom. The predicted molar refractivity (Wildman–Crippen MR) is 57.5 cm³/mol. The summed E-state index contributed by atoms with van der Waals surface area (Å²) in [4.78, 5) is 2.30. The van der Waals surface area contributed by atoms with Crippen molar-refractivity contribution in [2.24, 2.45) is 5.92 Å². The molecule has 0 spiro atoms. The van der Waals surface area contributed by atoms with Crippen LogP contribution in [0.5, 0.6) is 0 Å². The summed E-state index contributed by atoms with van der Waals surface area (Å²) >= 11 is 3.36. The average Bonchev–Trinajstić information content (AvgIpc) is 2.83. The van der Waals surface area contributed by atoms with Crippen molar-refractivity contribution in [3.8, 4) is 6.07 Å². The van der Waals surface area contributed by atoms with Crippen LogP contribution in [0, 0.1) is 17.2 Å². The monoisotopic (exact) mass is 242 g/mol. The molecular formula is C10H15BrN2. The van der Waals surface area contributed by atoms with E-state index >= 15 is 0 Å². The zero-order valence-corrected chi connectivity index (χ0v) is 9.39. The molecule has 2 nitrogen and oxygen atoms in total. The Balaban J connectivity index is 2.24. The van der Waals surface area contributed by atoms with Crippen molar-refractivity contribution in [1.29, 1.82) is 5.26 Å². The summed E-state index contributed by atoms with van der Waals surface area (Å²) < 4.78 is 1.01. The molecule has 0 aromatic heterocycles. The van der Waals surface area contributed by atoms with E-state index in [4.69, 9.17) is 5.26 Å². The zero-order chi connectivity index (χ0) is 9.68. The van der Waals surface area contributed by atoms with E-state index in [0.717, 1.165) is 30.0 Å². The Morgan fingerprint density at radius 3 is 2.77 bits per heavy atom. The lowest BCUT2D eigenvalue weighted by atomic mass is 10.3. The molecule has 72 valence electrons. The third-order valence-electron chi connectivity index (χ3n) is 2.15. The van der Waals surface area contributed by atoms with Crippen LogP contribution in [0.2, 0.25) is 0 Å². The molecule has 1 aliphatic rings. The van der Waals surface area contributed by atoms with Gasteiger partial charge >= 0.3 is 0 Å². The van der Waals surface area contributed by atoms with E-state index in [1.165, 1.54) is 12.8 Å². The van der Waals surface area contributed by atoms with Crippen molar-refractivity contribution >= 4 is 15.9 Å². The van der Waals surface area contributed by atoms with Gasteiger partial charge in [-0.25, -0.2) is 0 Å². The number of rotatable bonds is 6. The molecule has 1 rings (SSSR count). The van der Waals surface area contributed by atoms with Gasteiger partial charge in [-0.3, -0.25) is 4.90 Å². The third kappa shape index (κ3) is 5.07. The predicted octanol–water partition coefficient (Wildman–Crippen LogP) is 2.52. The summed E-state index contributed by atoms with van der Waals surface area (Å²) in [6, 6.07) is 2.18. The van der Waals surface area contributed by atoms with Crippen LogP contribution < -0.4 is 0 Å². The van der Waals surface area contributed by atoms with E-state index in [9.17, 15) is 0 Å². The maximum atomic E-state index is 8.49. The molecule has 0 radical (unpaired) electrons. The van der Waals surface area contributed by atoms with Gasteiger partial charge in [-0.2, -0.15) is 5.26 Å². The number of nitrogens with zero attached hydrogens (tertiary/aromatic N) is 2. The van der Waals surface area contributed by atoms with Crippen LogP contribution in [0.4, 0.5) is 0 Å². The van der Waals surface area contributed by atoms with E-state index in [-0.39, 0.29) is 0 Å². The number of halogens is 1. The second-order valence-electron chi connectivity index (χ2n) is 3.60. The van der Waals surface area contributed by atoms with Gasteiger partial charge < -0.3 is 0 Å². The topological polar surface area (TPSA) is 27.0 Å². The fourth-order valence-corrected chi connectivity index (χ4v) is 1.71. The molecule has 1 fully saturated rings. The second-order valence-corrected chi connectivity index (χ2v) is 4.73. The highest BCUT2D eigenvalue weighted by Gasteiger charge is 2.23. The minimum absolute atomic E-state index is 0.618. The molecule has 0 atom stereocenters. The first kappa shape index (κ1) is 10.7. The summed E-state index contributed by atoms with van der Waals surface area (Å²) in [5, 5.41) is 8.49. The molecule has 1 aliphatic carbocycles. The Labute approximate surface area is 88.3 Å². The lowest BCUT2D eigenvalue weighted by Crippen LogP contribution is -2.28. The number of hydrogen-bond acceptors (Lipinski definition) is 2. The van der Waals surface area contributed by atoms with Gasteiger partial charge in [0.2, 0.25) is 0 Å². The molecule has 0 heterocycles. The van der Waals surface area contributed by atoms with Crippen LogP contribution in [0.25, 0.3) is 0 Å². The van der Waals surface area contributed by atoms with E-state index in [2.05, 4.69) is 33.5 Å². The third-order valence-corrected chi connectivity index (χ3v) is 2.40. The van der Waals surface area contributed by atoms with Gasteiger partial charge in [0.05, 0.1) is 6.07 Å². The molecule has 3 heteroatoms. The van der Waals surface area contributed by atoms with E-state index in [1.54, 1.807) is 0 Å². The Kier molecular flexibility index (Phi) is 4.47. The van der Waals surface area contributed by atoms with E-state index in [1.807, 2.05) is 0 Å². The quantitative estimate of drug-likeness (QED) is 0.716. The summed E-state index contributed by atoms with van der Waals surface area (Å²) in [6.07, 6.45) is 3.34. The SMILES string of the molecule is C=C(Br)CN(CCC#N)CC1CC1. The van der Waals surface area contributed by atoms with E-state index in [0.29, 0.717) is 6.42 Å². The van der Waals surface area contributed by atoms with Gasteiger partial charge in [0.1, 0.15) is 0 Å². The van der Waals surface area contributed by atoms with Gasteiger partial charge in [0, 0.05) is 30.5 Å². The molecule has 1 saturated carbocycles. The number of hydrogen-bond donors (Lipinski definition) is 0. The summed E-state index contributed by atoms with van der Waals surface area (Å²) in [6.45, 7) is 6.70. The summed E-state index contributed by atoms with van der Waals surface area (Å²) in [5.41, 5.74) is 0. The minimum Gasteiger partial charge on any atom is -0.297 e. The highest BCUT2D eigenvalue weighted by molar-refractivity contribution is 9.11. The molecule has 0 bridgehead atoms. The maximum absolute atomic E-state index is 8.49. The average molecular weight is 243 g/mol. The second kappa shape index (κ2) is 5.41. The van der Waals surface area contributed by atoms with Crippen molar-refractivity contribution in [2.45, 2.75) is 19.3 Å². The van der Waals surface area contributed by atoms with Crippen molar-refractivity contribution in [3.63, 3.8) is 0 Å². The van der Waals surface area contributed by atoms with Crippen molar-refractivity contribution in [2.75, 3.05) is 19.6 Å². The van der Waals surface area contributed by atoms with Gasteiger partial charge in [0.25, 0.3) is 0 Å². The largest absolute Gasteiger partial charge is 0.297 e. The summed E-state index contributed by atoms with van der Waals surface area (Å²) in [7, 11) is 0. The molecule has 13 heavy (non-hydrogen) atoms. The first-order chi connectivity index (χ1) is 6.22. The molecule has 0 aromatic rings. The smallest absolute Gasteiger partial charge is 0.0635 e. The Morgan fingerprint density at radius 1 is 1.62 bits per heavy atom. The molecule has 0 unspecified atom stereocenters. The standard InChI is InChI=1S/C10H15BrN2/c1-9(11)7-13(6-2-5-12)8-10-3-4-10/h10H,1-4,6-8H2. The van der Waals surface area contributed by atoms with Gasteiger partial charge in [-0.15, -0.1) is 0 Å². The van der Waals surface area contributed by atoms with Crippen molar-refractivity contribution in [1.82, 2.24) is 4.90 Å². The number of nitriles is 1. The highest BCUT2D eigenvalue weighted by Crippen LogP contribution is 2.30. The molecule has 0 saturated heterocycles. The fourth-order valence-electron chi connectivity index (χ4n) is 1.35. The van der Waals surface area contributed by atoms with Crippen LogP contribution in [-0.4, -0.2) is 24.5 Å². The molecule has 0 N–H and O–H groups in total. The normalized spacial score (nSPS) is 15.8. The maximum Gasteiger partial charge on any atom is 0.0635 e. The van der Waals surface area contributed by atoms with Gasteiger partial charge in [-0.05, 0) is 18.8 Å². The van der Waals surface area contributed by atoms with Crippen LogP contribution in [0.3, 0.4) is 0 Å². The molecular weight excluding hydrogens is 228 g/mol. The summed E-state index contributed by atoms with van der Waals surface area (Å²) in [5.74, 6) is 0.880. The molecule has 0 amide bonds. The molecule has 0 aromatic carbocycles. The fraction of sp³-hybridized carbons (Fsp3) is 0.700. The van der Waals surface area contributed by atoms with Crippen LogP contribution in [-0.2, 0) is 0 Å². The van der Waals surface area contributed by atoms with Gasteiger partial charge in [-0.1, -0.05) is 22.5 Å².